The summed E-state index contributed by atoms with van der Waals surface area (Å²) in [5, 5.41) is 7.31. The molecule has 2 rings (SSSR count). The number of piperidine rings is 1. The van der Waals surface area contributed by atoms with E-state index in [9.17, 15) is 4.79 Å². The van der Waals surface area contributed by atoms with Crippen LogP contribution in [0.1, 0.15) is 46.0 Å². The van der Waals surface area contributed by atoms with Gasteiger partial charge in [0.1, 0.15) is 0 Å². The standard InChI is InChI=1S/C14H26N2OS.ClH/c1-3-18-12-7-4-6-11(12)16-13(17)14(2)8-5-9-15-10-14;/h11-12,15H,3-10H2,1-2H3,(H,16,17);1H. The molecule has 3 nitrogen and oxygen atoms in total. The molecule has 1 heterocycles. The Labute approximate surface area is 127 Å². The molecule has 0 bridgehead atoms. The van der Waals surface area contributed by atoms with E-state index in [0.717, 1.165) is 38.1 Å². The quantitative estimate of drug-likeness (QED) is 0.839. The molecule has 0 radical (unpaired) electrons. The maximum absolute atomic E-state index is 12.5. The molecule has 112 valence electrons. The molecule has 2 N–H and O–H groups in total. The van der Waals surface area contributed by atoms with E-state index in [-0.39, 0.29) is 23.7 Å². The summed E-state index contributed by atoms with van der Waals surface area (Å²) < 4.78 is 0. The van der Waals surface area contributed by atoms with Crippen LogP contribution in [0.2, 0.25) is 0 Å². The normalized spacial score (nSPS) is 34.6. The molecule has 5 heteroatoms. The van der Waals surface area contributed by atoms with Gasteiger partial charge in [-0.15, -0.1) is 12.4 Å². The van der Waals surface area contributed by atoms with Gasteiger partial charge >= 0.3 is 0 Å². The zero-order valence-corrected chi connectivity index (χ0v) is 13.7. The Morgan fingerprint density at radius 3 is 2.84 bits per heavy atom. The first-order valence-corrected chi connectivity index (χ1v) is 8.34. The molecule has 1 saturated heterocycles. The molecule has 19 heavy (non-hydrogen) atoms. The minimum Gasteiger partial charge on any atom is -0.352 e. The Kier molecular flexibility index (Phi) is 6.98. The third kappa shape index (κ3) is 4.27. The highest BCUT2D eigenvalue weighted by molar-refractivity contribution is 7.99. The summed E-state index contributed by atoms with van der Waals surface area (Å²) in [4.78, 5) is 12.5. The van der Waals surface area contributed by atoms with Gasteiger partial charge in [0, 0.05) is 17.8 Å². The number of carbonyl (C=O) groups excluding carboxylic acids is 1. The predicted molar refractivity (Wildman–Crippen MR) is 85.2 cm³/mol. The van der Waals surface area contributed by atoms with Crippen molar-refractivity contribution in [3.05, 3.63) is 0 Å². The molecule has 2 aliphatic rings. The zero-order chi connectivity index (χ0) is 13.0. The fourth-order valence-electron chi connectivity index (χ4n) is 3.10. The molecule has 1 aliphatic heterocycles. The minimum atomic E-state index is -0.192. The van der Waals surface area contributed by atoms with E-state index in [4.69, 9.17) is 0 Å². The first kappa shape index (κ1) is 17.1. The summed E-state index contributed by atoms with van der Waals surface area (Å²) >= 11 is 2.00. The van der Waals surface area contributed by atoms with Gasteiger partial charge in [-0.25, -0.2) is 0 Å². The van der Waals surface area contributed by atoms with Crippen molar-refractivity contribution < 1.29 is 4.79 Å². The number of hydrogen-bond acceptors (Lipinski definition) is 3. The molecule has 3 unspecified atom stereocenters. The van der Waals surface area contributed by atoms with E-state index < -0.39 is 0 Å². The lowest BCUT2D eigenvalue weighted by molar-refractivity contribution is -0.131. The molecule has 1 aliphatic carbocycles. The van der Waals surface area contributed by atoms with Crippen molar-refractivity contribution >= 4 is 30.1 Å². The van der Waals surface area contributed by atoms with Crippen LogP contribution >= 0.6 is 24.2 Å². The third-order valence-corrected chi connectivity index (χ3v) is 5.62. The Morgan fingerprint density at radius 1 is 1.42 bits per heavy atom. The number of hydrogen-bond donors (Lipinski definition) is 2. The number of rotatable bonds is 4. The summed E-state index contributed by atoms with van der Waals surface area (Å²) in [6.45, 7) is 6.19. The summed E-state index contributed by atoms with van der Waals surface area (Å²) in [7, 11) is 0. The fourth-order valence-corrected chi connectivity index (χ4v) is 4.30. The Balaban J connectivity index is 0.00000180. The first-order chi connectivity index (χ1) is 8.65. The molecule has 3 atom stereocenters. The molecule has 0 aromatic carbocycles. The Morgan fingerprint density at radius 2 is 2.21 bits per heavy atom. The lowest BCUT2D eigenvalue weighted by Crippen LogP contribution is -2.52. The second kappa shape index (κ2) is 7.75. The average molecular weight is 307 g/mol. The summed E-state index contributed by atoms with van der Waals surface area (Å²) in [5.41, 5.74) is -0.192. The monoisotopic (exact) mass is 306 g/mol. The van der Waals surface area contributed by atoms with E-state index in [1.807, 2.05) is 11.8 Å². The van der Waals surface area contributed by atoms with Crippen LogP contribution < -0.4 is 10.6 Å². The van der Waals surface area contributed by atoms with E-state index in [1.165, 1.54) is 12.8 Å². The number of amides is 1. The van der Waals surface area contributed by atoms with Crippen molar-refractivity contribution in [1.29, 1.82) is 0 Å². The Bertz CT molecular complexity index is 295. The van der Waals surface area contributed by atoms with Gasteiger partial charge in [0.05, 0.1) is 5.41 Å². The van der Waals surface area contributed by atoms with Crippen molar-refractivity contribution in [2.24, 2.45) is 5.41 Å². The second-order valence-corrected chi connectivity index (χ2v) is 7.36. The van der Waals surface area contributed by atoms with Gasteiger partial charge in [-0.3, -0.25) is 4.79 Å². The molecular formula is C14H27ClN2OS. The smallest absolute Gasteiger partial charge is 0.227 e. The van der Waals surface area contributed by atoms with Crippen molar-refractivity contribution in [1.82, 2.24) is 10.6 Å². The number of thioether (sulfide) groups is 1. The molecular weight excluding hydrogens is 280 g/mol. The Hall–Kier alpha value is 0.0700. The van der Waals surface area contributed by atoms with Gasteiger partial charge in [0.15, 0.2) is 0 Å². The summed E-state index contributed by atoms with van der Waals surface area (Å²) in [5.74, 6) is 1.42. The second-order valence-electron chi connectivity index (χ2n) is 5.85. The highest BCUT2D eigenvalue weighted by Gasteiger charge is 2.37. The van der Waals surface area contributed by atoms with Gasteiger partial charge < -0.3 is 10.6 Å². The minimum absolute atomic E-state index is 0. The maximum Gasteiger partial charge on any atom is 0.227 e. The number of halogens is 1. The van der Waals surface area contributed by atoms with Crippen LogP contribution in [0.5, 0.6) is 0 Å². The van der Waals surface area contributed by atoms with E-state index in [2.05, 4.69) is 24.5 Å². The number of carbonyl (C=O) groups is 1. The van der Waals surface area contributed by atoms with Gasteiger partial charge in [-0.1, -0.05) is 13.3 Å². The van der Waals surface area contributed by atoms with Crippen LogP contribution in [-0.2, 0) is 4.79 Å². The van der Waals surface area contributed by atoms with Crippen LogP contribution in [0.15, 0.2) is 0 Å². The largest absolute Gasteiger partial charge is 0.352 e. The van der Waals surface area contributed by atoms with E-state index in [1.54, 1.807) is 0 Å². The van der Waals surface area contributed by atoms with E-state index >= 15 is 0 Å². The molecule has 2 fully saturated rings. The SMILES string of the molecule is CCSC1CCCC1NC(=O)C1(C)CCCNC1.Cl. The van der Waals surface area contributed by atoms with Crippen molar-refractivity contribution in [2.45, 2.75) is 57.2 Å². The van der Waals surface area contributed by atoms with Crippen molar-refractivity contribution in [2.75, 3.05) is 18.8 Å². The topological polar surface area (TPSA) is 41.1 Å². The molecule has 0 spiro atoms. The average Bonchev–Trinajstić information content (AvgIpc) is 2.78. The number of nitrogens with one attached hydrogen (secondary N) is 2. The van der Waals surface area contributed by atoms with Gasteiger partial charge in [0.25, 0.3) is 0 Å². The van der Waals surface area contributed by atoms with Crippen LogP contribution in [0.4, 0.5) is 0 Å². The van der Waals surface area contributed by atoms with Crippen molar-refractivity contribution in [3.8, 4) is 0 Å². The molecule has 1 amide bonds. The summed E-state index contributed by atoms with van der Waals surface area (Å²) in [6, 6.07) is 0.404. The van der Waals surface area contributed by atoms with Crippen molar-refractivity contribution in [3.63, 3.8) is 0 Å². The van der Waals surface area contributed by atoms with Crippen LogP contribution in [0, 0.1) is 5.41 Å². The molecule has 0 aromatic heterocycles. The lowest BCUT2D eigenvalue weighted by Gasteiger charge is -2.34. The predicted octanol–water partition coefficient (Wildman–Crippen LogP) is 2.59. The zero-order valence-electron chi connectivity index (χ0n) is 12.0. The van der Waals surface area contributed by atoms with Crippen LogP contribution in [-0.4, -0.2) is 36.0 Å². The van der Waals surface area contributed by atoms with Gasteiger partial charge in [0.2, 0.25) is 5.91 Å². The fraction of sp³-hybridized carbons (Fsp3) is 0.929. The van der Waals surface area contributed by atoms with Gasteiger partial charge in [-0.05, 0) is 44.9 Å². The molecule has 1 saturated carbocycles. The highest BCUT2D eigenvalue weighted by atomic mass is 35.5. The van der Waals surface area contributed by atoms with E-state index in [0.29, 0.717) is 11.3 Å². The van der Waals surface area contributed by atoms with Gasteiger partial charge in [-0.2, -0.15) is 11.8 Å². The highest BCUT2D eigenvalue weighted by Crippen LogP contribution is 2.32. The lowest BCUT2D eigenvalue weighted by atomic mass is 9.81. The summed E-state index contributed by atoms with van der Waals surface area (Å²) in [6.07, 6.45) is 5.81. The maximum atomic E-state index is 12.5. The first-order valence-electron chi connectivity index (χ1n) is 7.29. The van der Waals surface area contributed by atoms with Crippen LogP contribution in [0.3, 0.4) is 0 Å². The van der Waals surface area contributed by atoms with Crippen LogP contribution in [0.25, 0.3) is 0 Å². The molecule has 0 aromatic rings. The third-order valence-electron chi connectivity index (χ3n) is 4.30.